The molecule has 9 heteroatoms. The Labute approximate surface area is 229 Å². The minimum absolute atomic E-state index is 0.242. The number of carbonyl (C=O) groups is 1. The van der Waals surface area contributed by atoms with Crippen LogP contribution in [0.2, 0.25) is 0 Å². The van der Waals surface area contributed by atoms with Crippen molar-refractivity contribution >= 4 is 39.8 Å². The van der Waals surface area contributed by atoms with E-state index in [1.54, 1.807) is 0 Å². The molecule has 0 saturated heterocycles. The zero-order valence-electron chi connectivity index (χ0n) is 23.3. The third-order valence-corrected chi connectivity index (χ3v) is 7.50. The Balaban J connectivity index is 1.51. The lowest BCUT2D eigenvalue weighted by atomic mass is 9.99. The molecule has 9 nitrogen and oxygen atoms in total. The summed E-state index contributed by atoms with van der Waals surface area (Å²) in [4.78, 5) is 25.5. The van der Waals surface area contributed by atoms with Crippen LogP contribution in [0.4, 0.5) is 23.0 Å². The molecule has 3 heterocycles. The number of para-hydroxylation sites is 1. The molecule has 5 N–H and O–H groups in total. The number of aromatic nitrogens is 3. The van der Waals surface area contributed by atoms with Crippen LogP contribution in [0.5, 0.6) is 0 Å². The SMILES string of the molecule is Cc1cc(N(C)CCN(C)C)c(N)cc1Nc1ncc(CCC(N)=O)c(-c2cn3c4c(cccc24)CCC3)n1. The van der Waals surface area contributed by atoms with E-state index in [1.807, 2.05) is 12.3 Å². The number of benzene rings is 2. The Kier molecular flexibility index (Phi) is 7.43. The van der Waals surface area contributed by atoms with Crippen molar-refractivity contribution < 1.29 is 4.79 Å². The van der Waals surface area contributed by atoms with Crippen molar-refractivity contribution in [2.24, 2.45) is 5.73 Å². The fraction of sp³-hybridized carbons (Fsp3) is 0.367. The minimum atomic E-state index is -0.340. The van der Waals surface area contributed by atoms with E-state index < -0.39 is 0 Å². The zero-order chi connectivity index (χ0) is 27.7. The standard InChI is InChI=1S/C30H38N8O/c1-19-15-26(37(4)14-13-36(2)3)24(31)16-25(19)34-30-33-17-21(10-11-27(32)39)28(35-30)23-18-38-12-6-8-20-7-5-9-22(23)29(20)38/h5,7,9,15-18H,6,8,10-14,31H2,1-4H3,(H2,32,39)(H,33,34,35). The van der Waals surface area contributed by atoms with Gasteiger partial charge < -0.3 is 31.2 Å². The van der Waals surface area contributed by atoms with E-state index in [9.17, 15) is 4.79 Å². The zero-order valence-corrected chi connectivity index (χ0v) is 23.3. The van der Waals surface area contributed by atoms with E-state index in [-0.39, 0.29) is 12.3 Å². The van der Waals surface area contributed by atoms with Crippen LogP contribution in [0.25, 0.3) is 22.2 Å². The Morgan fingerprint density at radius 1 is 1.18 bits per heavy atom. The Morgan fingerprint density at radius 3 is 2.77 bits per heavy atom. The quantitative estimate of drug-likeness (QED) is 0.266. The lowest BCUT2D eigenvalue weighted by Crippen LogP contribution is -2.29. The second kappa shape index (κ2) is 10.9. The molecule has 0 atom stereocenters. The van der Waals surface area contributed by atoms with Gasteiger partial charge in [-0.2, -0.15) is 0 Å². The molecule has 4 aromatic rings. The summed E-state index contributed by atoms with van der Waals surface area (Å²) in [6.45, 7) is 4.84. The maximum absolute atomic E-state index is 11.6. The van der Waals surface area contributed by atoms with Crippen LogP contribution in [0.3, 0.4) is 0 Å². The number of nitrogens with one attached hydrogen (secondary N) is 1. The lowest BCUT2D eigenvalue weighted by molar-refractivity contribution is -0.117. The van der Waals surface area contributed by atoms with Crippen molar-refractivity contribution in [2.75, 3.05) is 50.2 Å². The number of carbonyl (C=O) groups excluding carboxylic acids is 1. The number of amides is 1. The van der Waals surface area contributed by atoms with E-state index in [1.165, 1.54) is 16.5 Å². The molecule has 0 aliphatic carbocycles. The van der Waals surface area contributed by atoms with Gasteiger partial charge in [-0.25, -0.2) is 9.97 Å². The first-order chi connectivity index (χ1) is 18.7. The van der Waals surface area contributed by atoms with Crippen molar-refractivity contribution in [2.45, 2.75) is 39.2 Å². The van der Waals surface area contributed by atoms with Gasteiger partial charge in [0.25, 0.3) is 0 Å². The first kappa shape index (κ1) is 26.5. The average molecular weight is 527 g/mol. The number of rotatable bonds is 10. The van der Waals surface area contributed by atoms with Gasteiger partial charge in [-0.3, -0.25) is 4.79 Å². The second-order valence-electron chi connectivity index (χ2n) is 10.8. The number of nitrogen functional groups attached to an aromatic ring is 1. The van der Waals surface area contributed by atoms with Crippen molar-refractivity contribution in [3.63, 3.8) is 0 Å². The van der Waals surface area contributed by atoms with Crippen LogP contribution in [0.15, 0.2) is 42.7 Å². The predicted molar refractivity (Wildman–Crippen MR) is 159 cm³/mol. The normalized spacial score (nSPS) is 12.7. The molecule has 5 rings (SSSR count). The molecule has 0 radical (unpaired) electrons. The maximum Gasteiger partial charge on any atom is 0.227 e. The smallest absolute Gasteiger partial charge is 0.227 e. The summed E-state index contributed by atoms with van der Waals surface area (Å²) in [5.41, 5.74) is 21.0. The highest BCUT2D eigenvalue weighted by Crippen LogP contribution is 2.37. The minimum Gasteiger partial charge on any atom is -0.397 e. The van der Waals surface area contributed by atoms with Gasteiger partial charge in [0, 0.05) is 62.1 Å². The maximum atomic E-state index is 11.6. The highest BCUT2D eigenvalue weighted by Gasteiger charge is 2.21. The molecule has 1 aliphatic heterocycles. The number of hydrogen-bond acceptors (Lipinski definition) is 7. The van der Waals surface area contributed by atoms with E-state index >= 15 is 0 Å². The molecule has 0 fully saturated rings. The van der Waals surface area contributed by atoms with E-state index in [0.717, 1.165) is 66.2 Å². The molecule has 2 aromatic heterocycles. The molecular weight excluding hydrogens is 488 g/mol. The summed E-state index contributed by atoms with van der Waals surface area (Å²) in [5, 5.41) is 4.57. The predicted octanol–water partition coefficient (Wildman–Crippen LogP) is 4.09. The fourth-order valence-electron chi connectivity index (χ4n) is 5.35. The lowest BCUT2D eigenvalue weighted by Gasteiger charge is -2.24. The van der Waals surface area contributed by atoms with Gasteiger partial charge in [0.15, 0.2) is 0 Å². The van der Waals surface area contributed by atoms with Crippen LogP contribution in [-0.2, 0) is 24.2 Å². The summed E-state index contributed by atoms with van der Waals surface area (Å²) in [6, 6.07) is 10.5. The van der Waals surface area contributed by atoms with Crippen LogP contribution in [-0.4, -0.2) is 59.6 Å². The number of aryl methyl sites for hydroxylation is 4. The Bertz CT molecular complexity index is 1520. The van der Waals surface area contributed by atoms with Crippen LogP contribution in [0.1, 0.15) is 29.5 Å². The average Bonchev–Trinajstić information content (AvgIpc) is 3.28. The van der Waals surface area contributed by atoms with Gasteiger partial charge in [-0.15, -0.1) is 0 Å². The summed E-state index contributed by atoms with van der Waals surface area (Å²) in [6.07, 6.45) is 6.92. The van der Waals surface area contributed by atoms with Crippen molar-refractivity contribution in [3.8, 4) is 11.3 Å². The number of anilines is 4. The van der Waals surface area contributed by atoms with Gasteiger partial charge in [0.2, 0.25) is 11.9 Å². The number of nitrogens with zero attached hydrogens (tertiary/aromatic N) is 5. The number of nitrogens with two attached hydrogens (primary N) is 2. The van der Waals surface area contributed by atoms with Gasteiger partial charge in [0.1, 0.15) is 0 Å². The van der Waals surface area contributed by atoms with Crippen LogP contribution >= 0.6 is 0 Å². The largest absolute Gasteiger partial charge is 0.397 e. The van der Waals surface area contributed by atoms with E-state index in [0.29, 0.717) is 18.1 Å². The van der Waals surface area contributed by atoms with E-state index in [4.69, 9.17) is 16.5 Å². The summed E-state index contributed by atoms with van der Waals surface area (Å²) >= 11 is 0. The number of likely N-dealkylation sites (N-methyl/N-ethyl adjacent to an activating group) is 2. The van der Waals surface area contributed by atoms with Gasteiger partial charge >= 0.3 is 0 Å². The van der Waals surface area contributed by atoms with Crippen molar-refractivity contribution in [1.82, 2.24) is 19.4 Å². The summed E-state index contributed by atoms with van der Waals surface area (Å²) < 4.78 is 2.33. The topological polar surface area (TPSA) is 118 Å². The van der Waals surface area contributed by atoms with Crippen LogP contribution < -0.4 is 21.7 Å². The first-order valence-corrected chi connectivity index (χ1v) is 13.5. The Morgan fingerprint density at radius 2 is 2.00 bits per heavy atom. The van der Waals surface area contributed by atoms with Gasteiger partial charge in [0.05, 0.1) is 22.6 Å². The fourth-order valence-corrected chi connectivity index (χ4v) is 5.35. The number of primary amides is 1. The summed E-state index contributed by atoms with van der Waals surface area (Å²) in [7, 11) is 6.18. The molecule has 2 aromatic carbocycles. The van der Waals surface area contributed by atoms with Gasteiger partial charge in [-0.05, 0) is 69.1 Å². The molecule has 0 spiro atoms. The van der Waals surface area contributed by atoms with Crippen LogP contribution in [0, 0.1) is 6.92 Å². The highest BCUT2D eigenvalue weighted by atomic mass is 16.1. The van der Waals surface area contributed by atoms with Crippen molar-refractivity contribution in [1.29, 1.82) is 0 Å². The molecule has 0 saturated carbocycles. The summed E-state index contributed by atoms with van der Waals surface area (Å²) in [5.74, 6) is 0.142. The third kappa shape index (κ3) is 5.54. The molecule has 0 bridgehead atoms. The first-order valence-electron chi connectivity index (χ1n) is 13.5. The number of hydrogen-bond donors (Lipinski definition) is 3. The molecule has 1 aliphatic rings. The molecular formula is C30H38N8O. The molecule has 1 amide bonds. The van der Waals surface area contributed by atoms with E-state index in [2.05, 4.69) is 83.2 Å². The Hall–Kier alpha value is -4.11. The molecule has 0 unspecified atom stereocenters. The second-order valence-corrected chi connectivity index (χ2v) is 10.8. The molecule has 39 heavy (non-hydrogen) atoms. The van der Waals surface area contributed by atoms with Gasteiger partial charge in [-0.1, -0.05) is 18.2 Å². The highest BCUT2D eigenvalue weighted by molar-refractivity contribution is 5.98. The molecule has 204 valence electrons. The van der Waals surface area contributed by atoms with Crippen molar-refractivity contribution in [3.05, 3.63) is 59.4 Å². The monoisotopic (exact) mass is 526 g/mol. The third-order valence-electron chi connectivity index (χ3n) is 7.50.